The van der Waals surface area contributed by atoms with Gasteiger partial charge in [0.2, 0.25) is 0 Å². The highest BCUT2D eigenvalue weighted by Gasteiger charge is 2.64. The predicted molar refractivity (Wildman–Crippen MR) is 194 cm³/mol. The number of carbonyl (C=O) groups is 2. The van der Waals surface area contributed by atoms with Gasteiger partial charge in [0, 0.05) is 67.3 Å². The number of anilines is 1. The molecule has 4 heterocycles. The van der Waals surface area contributed by atoms with Gasteiger partial charge in [-0.2, -0.15) is 5.26 Å². The topological polar surface area (TPSA) is 111 Å². The summed E-state index contributed by atoms with van der Waals surface area (Å²) in [4.78, 5) is 37.3. The van der Waals surface area contributed by atoms with Crippen LogP contribution in [0, 0.1) is 33.5 Å². The maximum Gasteiger partial charge on any atom is 0.410 e. The van der Waals surface area contributed by atoms with Crippen LogP contribution >= 0.6 is 11.6 Å². The average molecular weight is 705 g/mol. The first-order valence-corrected chi connectivity index (χ1v) is 18.5. The van der Waals surface area contributed by atoms with Gasteiger partial charge in [-0.3, -0.25) is 4.79 Å². The minimum absolute atomic E-state index is 0.119. The van der Waals surface area contributed by atoms with E-state index in [0.29, 0.717) is 27.8 Å². The lowest BCUT2D eigenvalue weighted by Gasteiger charge is -2.63. The SMILES string of the molecule is CC(C)(C)OC(=O)N1CC2(CCN(CC3CCN(c4ccc(C(=O)N[C@H]5C(C)(C)[C@H](Oc6ccc(C#N)c(Cl)c6)C5(C)C)cn4)CC3)CC2)C1. The van der Waals surface area contributed by atoms with Crippen molar-refractivity contribution in [3.8, 4) is 11.8 Å². The molecule has 1 spiro atoms. The monoisotopic (exact) mass is 704 g/mol. The van der Waals surface area contributed by atoms with Gasteiger partial charge in [-0.25, -0.2) is 9.78 Å². The lowest BCUT2D eigenvalue weighted by atomic mass is 9.49. The number of nitrogens with one attached hydrogen (secondary N) is 1. The van der Waals surface area contributed by atoms with E-state index >= 15 is 0 Å². The quantitative estimate of drug-likeness (QED) is 0.337. The molecule has 4 aliphatic rings. The molecule has 1 aromatic heterocycles. The molecule has 50 heavy (non-hydrogen) atoms. The normalized spacial score (nSPS) is 24.5. The van der Waals surface area contributed by atoms with Gasteiger partial charge in [0.1, 0.15) is 29.3 Å². The number of benzene rings is 1. The van der Waals surface area contributed by atoms with Gasteiger partial charge in [-0.15, -0.1) is 0 Å². The zero-order valence-corrected chi connectivity index (χ0v) is 31.5. The number of likely N-dealkylation sites (tertiary alicyclic amines) is 2. The van der Waals surface area contributed by atoms with E-state index in [1.165, 1.54) is 0 Å². The summed E-state index contributed by atoms with van der Waals surface area (Å²) in [6, 6.07) is 10.9. The largest absolute Gasteiger partial charge is 0.489 e. The molecule has 1 aliphatic carbocycles. The van der Waals surface area contributed by atoms with Gasteiger partial charge in [0.15, 0.2) is 0 Å². The molecular weight excluding hydrogens is 652 g/mol. The third-order valence-corrected chi connectivity index (χ3v) is 11.8. The fourth-order valence-electron chi connectivity index (χ4n) is 8.97. The van der Waals surface area contributed by atoms with Gasteiger partial charge >= 0.3 is 6.09 Å². The second-order valence-corrected chi connectivity index (χ2v) is 17.7. The number of nitrogens with zero attached hydrogens (tertiary/aromatic N) is 5. The molecule has 1 N–H and O–H groups in total. The van der Waals surface area contributed by atoms with Gasteiger partial charge in [-0.1, -0.05) is 39.3 Å². The Labute approximate surface area is 302 Å². The highest BCUT2D eigenvalue weighted by molar-refractivity contribution is 6.31. The zero-order chi connectivity index (χ0) is 36.1. The Morgan fingerprint density at radius 1 is 1.02 bits per heavy atom. The van der Waals surface area contributed by atoms with Crippen LogP contribution in [0.3, 0.4) is 0 Å². The standard InChI is InChI=1S/C39H53ClN6O4/c1-36(2,3)50-35(48)46-24-39(25-46)14-18-44(19-15-39)23-26-12-16-45(17-13-26)31-11-9-28(22-42-31)32(47)43-33-37(4,5)34(38(33,6)7)49-29-10-8-27(21-41)30(40)20-29/h8-11,20,22,26,33-34H,12-19,23-25H2,1-7H3,(H,43,47)/t33-,34-. The summed E-state index contributed by atoms with van der Waals surface area (Å²) in [5, 5.41) is 12.8. The molecule has 1 aromatic carbocycles. The van der Waals surface area contributed by atoms with E-state index in [9.17, 15) is 14.9 Å². The first-order chi connectivity index (χ1) is 23.5. The Morgan fingerprint density at radius 2 is 1.68 bits per heavy atom. The minimum atomic E-state index is -0.450. The van der Waals surface area contributed by atoms with Crippen molar-refractivity contribution in [3.05, 3.63) is 52.7 Å². The molecule has 2 amide bonds. The number of amides is 2. The number of hydrogen-bond acceptors (Lipinski definition) is 8. The van der Waals surface area contributed by atoms with Crippen molar-refractivity contribution in [1.29, 1.82) is 5.26 Å². The van der Waals surface area contributed by atoms with Crippen LogP contribution in [0.2, 0.25) is 5.02 Å². The number of halogens is 1. The number of ether oxygens (including phenoxy) is 2. The van der Waals surface area contributed by atoms with Gasteiger partial charge in [-0.05, 0) is 89.7 Å². The summed E-state index contributed by atoms with van der Waals surface area (Å²) in [6.45, 7) is 21.0. The number of pyridine rings is 1. The van der Waals surface area contributed by atoms with Crippen LogP contribution in [0.25, 0.3) is 0 Å². The Morgan fingerprint density at radius 3 is 2.24 bits per heavy atom. The second kappa shape index (κ2) is 13.5. The first-order valence-electron chi connectivity index (χ1n) is 18.1. The molecule has 3 aliphatic heterocycles. The lowest BCUT2D eigenvalue weighted by Crippen LogP contribution is -2.74. The van der Waals surface area contributed by atoms with Crippen molar-refractivity contribution in [3.63, 3.8) is 0 Å². The van der Waals surface area contributed by atoms with Crippen LogP contribution in [0.4, 0.5) is 10.6 Å². The minimum Gasteiger partial charge on any atom is -0.489 e. The van der Waals surface area contributed by atoms with Gasteiger partial charge in [0.25, 0.3) is 5.91 Å². The van der Waals surface area contributed by atoms with E-state index in [-0.39, 0.29) is 40.4 Å². The van der Waals surface area contributed by atoms with Crippen LogP contribution in [0.1, 0.15) is 90.1 Å². The van der Waals surface area contributed by atoms with E-state index in [0.717, 1.165) is 77.3 Å². The molecule has 0 bridgehead atoms. The van der Waals surface area contributed by atoms with Crippen molar-refractivity contribution in [1.82, 2.24) is 20.1 Å². The van der Waals surface area contributed by atoms with Crippen LogP contribution < -0.4 is 15.0 Å². The van der Waals surface area contributed by atoms with Crippen molar-refractivity contribution < 1.29 is 19.1 Å². The number of rotatable bonds is 7. The molecule has 6 rings (SSSR count). The van der Waals surface area contributed by atoms with E-state index in [2.05, 4.69) is 48.9 Å². The second-order valence-electron chi connectivity index (χ2n) is 17.3. The Balaban J connectivity index is 0.938. The maximum absolute atomic E-state index is 13.4. The molecular formula is C39H53ClN6O4. The lowest BCUT2D eigenvalue weighted by molar-refractivity contribution is -0.164. The van der Waals surface area contributed by atoms with Crippen molar-refractivity contribution >= 4 is 29.4 Å². The fraction of sp³-hybridized carbons (Fsp3) is 0.641. The average Bonchev–Trinajstić information content (AvgIpc) is 3.05. The van der Waals surface area contributed by atoms with E-state index < -0.39 is 5.60 Å². The van der Waals surface area contributed by atoms with Crippen LogP contribution in [0.5, 0.6) is 5.75 Å². The Hall–Kier alpha value is -3.55. The summed E-state index contributed by atoms with van der Waals surface area (Å²) in [5.74, 6) is 2.05. The molecule has 0 radical (unpaired) electrons. The zero-order valence-electron chi connectivity index (χ0n) is 30.7. The number of piperidine rings is 2. The molecule has 4 fully saturated rings. The third kappa shape index (κ3) is 7.41. The summed E-state index contributed by atoms with van der Waals surface area (Å²) < 4.78 is 11.9. The molecule has 0 atom stereocenters. The van der Waals surface area contributed by atoms with Crippen molar-refractivity contribution in [2.75, 3.05) is 50.7 Å². The molecule has 10 nitrogen and oxygen atoms in total. The van der Waals surface area contributed by atoms with Crippen LogP contribution in [-0.4, -0.2) is 90.3 Å². The van der Waals surface area contributed by atoms with Crippen molar-refractivity contribution in [2.45, 2.75) is 91.9 Å². The van der Waals surface area contributed by atoms with E-state index in [1.807, 2.05) is 37.8 Å². The number of nitriles is 1. The van der Waals surface area contributed by atoms with Gasteiger partial charge < -0.3 is 29.5 Å². The first kappa shape index (κ1) is 36.2. The maximum atomic E-state index is 13.4. The highest BCUT2D eigenvalue weighted by atomic mass is 35.5. The molecule has 0 unspecified atom stereocenters. The predicted octanol–water partition coefficient (Wildman–Crippen LogP) is 6.77. The smallest absolute Gasteiger partial charge is 0.410 e. The molecule has 11 heteroatoms. The van der Waals surface area contributed by atoms with Crippen molar-refractivity contribution in [2.24, 2.45) is 22.2 Å². The summed E-state index contributed by atoms with van der Waals surface area (Å²) >= 11 is 6.24. The molecule has 1 saturated carbocycles. The number of carbonyl (C=O) groups excluding carboxylic acids is 2. The van der Waals surface area contributed by atoms with Crippen LogP contribution in [0.15, 0.2) is 36.5 Å². The molecule has 3 saturated heterocycles. The van der Waals surface area contributed by atoms with Gasteiger partial charge in [0.05, 0.1) is 16.1 Å². The Bertz CT molecular complexity index is 1590. The summed E-state index contributed by atoms with van der Waals surface area (Å²) in [7, 11) is 0. The number of aromatic nitrogens is 1. The highest BCUT2D eigenvalue weighted by Crippen LogP contribution is 2.55. The Kier molecular flexibility index (Phi) is 9.81. The third-order valence-electron chi connectivity index (χ3n) is 11.5. The van der Waals surface area contributed by atoms with E-state index in [4.69, 9.17) is 26.1 Å². The molecule has 270 valence electrons. The summed E-state index contributed by atoms with van der Waals surface area (Å²) in [5.41, 5.74) is 0.0953. The fourth-order valence-corrected chi connectivity index (χ4v) is 9.19. The van der Waals surface area contributed by atoms with E-state index in [1.54, 1.807) is 24.4 Å². The molecule has 2 aromatic rings. The number of hydrogen-bond donors (Lipinski definition) is 1. The van der Waals surface area contributed by atoms with Crippen LogP contribution in [-0.2, 0) is 4.74 Å². The summed E-state index contributed by atoms with van der Waals surface area (Å²) in [6.07, 6.45) is 5.89.